The number of methoxy groups -OCH3 is 3. The van der Waals surface area contributed by atoms with Crippen LogP contribution in [0.1, 0.15) is 21.5 Å². The van der Waals surface area contributed by atoms with Crippen LogP contribution < -0.4 is 14.2 Å². The molecule has 0 spiro atoms. The van der Waals surface area contributed by atoms with Crippen molar-refractivity contribution in [3.05, 3.63) is 83.4 Å². The number of pyridine rings is 1. The Hall–Kier alpha value is -4.06. The summed E-state index contributed by atoms with van der Waals surface area (Å²) in [6.07, 6.45) is 0.690. The highest BCUT2D eigenvalue weighted by Crippen LogP contribution is 2.29. The fraction of sp³-hybridized carbons (Fsp3) is 0.241. The van der Waals surface area contributed by atoms with Gasteiger partial charge in [0, 0.05) is 24.5 Å². The normalized spacial score (nSPS) is 10.8. The first-order chi connectivity index (χ1) is 16.9. The number of aryl methyl sites for hydroxylation is 1. The van der Waals surface area contributed by atoms with Crippen molar-refractivity contribution in [1.82, 2.24) is 9.88 Å². The van der Waals surface area contributed by atoms with Crippen LogP contribution in [0.3, 0.4) is 0 Å². The van der Waals surface area contributed by atoms with Crippen molar-refractivity contribution in [2.24, 2.45) is 0 Å². The van der Waals surface area contributed by atoms with Crippen molar-refractivity contribution >= 4 is 16.8 Å². The van der Waals surface area contributed by atoms with E-state index in [0.29, 0.717) is 30.0 Å². The van der Waals surface area contributed by atoms with Crippen molar-refractivity contribution in [2.75, 3.05) is 34.9 Å². The Bertz CT molecular complexity index is 1350. The molecule has 4 rings (SSSR count). The lowest BCUT2D eigenvalue weighted by atomic mass is 10.0. The van der Waals surface area contributed by atoms with Crippen LogP contribution in [-0.2, 0) is 6.42 Å². The molecule has 0 aliphatic carbocycles. The fourth-order valence-electron chi connectivity index (χ4n) is 4.07. The van der Waals surface area contributed by atoms with E-state index in [2.05, 4.69) is 0 Å². The molecular weight excluding hydrogens is 440 g/mol. The Balaban J connectivity index is 1.64. The third kappa shape index (κ3) is 5.22. The van der Waals surface area contributed by atoms with Crippen LogP contribution in [0, 0.1) is 6.92 Å². The van der Waals surface area contributed by atoms with Crippen molar-refractivity contribution in [2.45, 2.75) is 13.3 Å². The average Bonchev–Trinajstić information content (AvgIpc) is 2.90. The smallest absolute Gasteiger partial charge is 0.254 e. The van der Waals surface area contributed by atoms with Gasteiger partial charge in [-0.3, -0.25) is 4.79 Å². The van der Waals surface area contributed by atoms with Gasteiger partial charge in [0.25, 0.3) is 5.91 Å². The lowest BCUT2D eigenvalue weighted by molar-refractivity contribution is 0.0798. The third-order valence-electron chi connectivity index (χ3n) is 6.11. The van der Waals surface area contributed by atoms with Crippen LogP contribution in [-0.4, -0.2) is 50.7 Å². The average molecular weight is 471 g/mol. The summed E-state index contributed by atoms with van der Waals surface area (Å²) in [5.74, 6) is 2.10. The molecule has 35 heavy (non-hydrogen) atoms. The van der Waals surface area contributed by atoms with E-state index in [1.165, 1.54) is 0 Å². The van der Waals surface area contributed by atoms with E-state index in [-0.39, 0.29) is 5.91 Å². The van der Waals surface area contributed by atoms with Crippen molar-refractivity contribution < 1.29 is 19.0 Å². The Morgan fingerprint density at radius 2 is 1.60 bits per heavy atom. The predicted molar refractivity (Wildman–Crippen MR) is 139 cm³/mol. The zero-order chi connectivity index (χ0) is 24.9. The number of hydrogen-bond donors (Lipinski definition) is 0. The molecule has 4 aromatic rings. The number of carbonyl (C=O) groups is 1. The van der Waals surface area contributed by atoms with Gasteiger partial charge in [0.2, 0.25) is 0 Å². The van der Waals surface area contributed by atoms with Crippen LogP contribution in [0.25, 0.3) is 22.2 Å². The van der Waals surface area contributed by atoms with E-state index in [4.69, 9.17) is 19.2 Å². The minimum absolute atomic E-state index is 0.0433. The molecule has 180 valence electrons. The van der Waals surface area contributed by atoms with E-state index in [1.807, 2.05) is 80.7 Å². The summed E-state index contributed by atoms with van der Waals surface area (Å²) < 4.78 is 16.0. The molecule has 0 aliphatic rings. The highest BCUT2D eigenvalue weighted by Gasteiger charge is 2.18. The molecule has 0 bridgehead atoms. The van der Waals surface area contributed by atoms with E-state index in [0.717, 1.165) is 39.0 Å². The van der Waals surface area contributed by atoms with Gasteiger partial charge in [-0.25, -0.2) is 4.98 Å². The van der Waals surface area contributed by atoms with Crippen molar-refractivity contribution in [3.8, 4) is 28.5 Å². The van der Waals surface area contributed by atoms with Gasteiger partial charge in [-0.1, -0.05) is 17.7 Å². The van der Waals surface area contributed by atoms with Crippen LogP contribution in [0.5, 0.6) is 17.2 Å². The second kappa shape index (κ2) is 10.5. The lowest BCUT2D eigenvalue weighted by Crippen LogP contribution is -2.29. The summed E-state index contributed by atoms with van der Waals surface area (Å²) in [6, 6.07) is 21.4. The lowest BCUT2D eigenvalue weighted by Gasteiger charge is -2.19. The fourth-order valence-corrected chi connectivity index (χ4v) is 4.07. The Morgan fingerprint density at radius 1 is 0.857 bits per heavy atom. The molecule has 0 aliphatic heterocycles. The molecule has 0 radical (unpaired) electrons. The van der Waals surface area contributed by atoms with Gasteiger partial charge in [-0.2, -0.15) is 0 Å². The summed E-state index contributed by atoms with van der Waals surface area (Å²) in [6.45, 7) is 2.58. The number of ether oxygens (including phenoxy) is 3. The van der Waals surface area contributed by atoms with Crippen LogP contribution >= 0.6 is 0 Å². The van der Waals surface area contributed by atoms with E-state index in [9.17, 15) is 4.79 Å². The number of likely N-dealkylation sites (N-methyl/N-ethyl adjacent to an activating group) is 1. The Morgan fingerprint density at radius 3 is 2.29 bits per heavy atom. The topological polar surface area (TPSA) is 60.9 Å². The highest BCUT2D eigenvalue weighted by molar-refractivity contribution is 6.07. The highest BCUT2D eigenvalue weighted by atomic mass is 16.5. The SMILES string of the molecule is COc1ccc(-c2cc(C(=O)N(C)CCc3ccc(OC)c(OC)c3)c3cc(C)ccc3n2)cc1. The van der Waals surface area contributed by atoms with Crippen LogP contribution in [0.4, 0.5) is 0 Å². The van der Waals surface area contributed by atoms with Crippen molar-refractivity contribution in [3.63, 3.8) is 0 Å². The maximum Gasteiger partial charge on any atom is 0.254 e. The first kappa shape index (κ1) is 24.1. The molecule has 0 fully saturated rings. The quantitative estimate of drug-likeness (QED) is 0.338. The molecular formula is C29H30N2O4. The summed E-state index contributed by atoms with van der Waals surface area (Å²) >= 11 is 0. The largest absolute Gasteiger partial charge is 0.497 e. The second-order valence-corrected chi connectivity index (χ2v) is 8.47. The molecule has 0 saturated carbocycles. The number of nitrogens with zero attached hydrogens (tertiary/aromatic N) is 2. The number of carbonyl (C=O) groups excluding carboxylic acids is 1. The molecule has 0 unspecified atom stereocenters. The van der Waals surface area contributed by atoms with Gasteiger partial charge >= 0.3 is 0 Å². The van der Waals surface area contributed by atoms with Gasteiger partial charge in [-0.05, 0) is 73.5 Å². The molecule has 1 amide bonds. The maximum atomic E-state index is 13.6. The number of rotatable bonds is 8. The molecule has 3 aromatic carbocycles. The Labute approximate surface area is 206 Å². The van der Waals surface area contributed by atoms with Gasteiger partial charge in [0.15, 0.2) is 11.5 Å². The van der Waals surface area contributed by atoms with Gasteiger partial charge in [0.1, 0.15) is 5.75 Å². The van der Waals surface area contributed by atoms with E-state index in [1.54, 1.807) is 26.2 Å². The third-order valence-corrected chi connectivity index (χ3v) is 6.11. The summed E-state index contributed by atoms with van der Waals surface area (Å²) in [5, 5.41) is 0.852. The first-order valence-corrected chi connectivity index (χ1v) is 11.5. The van der Waals surface area contributed by atoms with Gasteiger partial charge in [-0.15, -0.1) is 0 Å². The van der Waals surface area contributed by atoms with Gasteiger partial charge < -0.3 is 19.1 Å². The monoisotopic (exact) mass is 470 g/mol. The van der Waals surface area contributed by atoms with Gasteiger partial charge in [0.05, 0.1) is 38.1 Å². The minimum Gasteiger partial charge on any atom is -0.497 e. The molecule has 0 N–H and O–H groups in total. The standard InChI is InChI=1S/C29H30N2O4/c1-19-6-12-25-23(16-19)24(18-26(30-25)21-8-10-22(33-3)11-9-21)29(32)31(2)15-14-20-7-13-27(34-4)28(17-20)35-5/h6-13,16-18H,14-15H2,1-5H3. The number of benzene rings is 3. The molecule has 0 saturated heterocycles. The number of aromatic nitrogens is 1. The van der Waals surface area contributed by atoms with E-state index < -0.39 is 0 Å². The maximum absolute atomic E-state index is 13.6. The minimum atomic E-state index is -0.0433. The first-order valence-electron chi connectivity index (χ1n) is 11.5. The summed E-state index contributed by atoms with van der Waals surface area (Å²) in [4.78, 5) is 20.2. The van der Waals surface area contributed by atoms with Crippen LogP contribution in [0.2, 0.25) is 0 Å². The van der Waals surface area contributed by atoms with E-state index >= 15 is 0 Å². The summed E-state index contributed by atoms with van der Waals surface area (Å²) in [5.41, 5.74) is 5.26. The molecule has 6 nitrogen and oxygen atoms in total. The predicted octanol–water partition coefficient (Wildman–Crippen LogP) is 5.55. The number of fused-ring (bicyclic) bond motifs is 1. The molecule has 0 atom stereocenters. The molecule has 6 heteroatoms. The molecule has 1 heterocycles. The zero-order valence-electron chi connectivity index (χ0n) is 20.8. The number of amides is 1. The zero-order valence-corrected chi connectivity index (χ0v) is 20.8. The number of hydrogen-bond acceptors (Lipinski definition) is 5. The second-order valence-electron chi connectivity index (χ2n) is 8.47. The Kier molecular flexibility index (Phi) is 7.20. The molecule has 1 aromatic heterocycles. The van der Waals surface area contributed by atoms with Crippen LogP contribution in [0.15, 0.2) is 66.7 Å². The van der Waals surface area contributed by atoms with Crippen molar-refractivity contribution in [1.29, 1.82) is 0 Å². The summed E-state index contributed by atoms with van der Waals surface area (Å²) in [7, 11) is 6.71.